The van der Waals surface area contributed by atoms with Gasteiger partial charge in [-0.1, -0.05) is 42.5 Å². The summed E-state index contributed by atoms with van der Waals surface area (Å²) in [4.78, 5) is 13.0. The number of rotatable bonds is 4. The lowest BCUT2D eigenvalue weighted by Gasteiger charge is -2.20. The third kappa shape index (κ3) is 3.13. The largest absolute Gasteiger partial charge is 0.487 e. The molecule has 21 heavy (non-hydrogen) atoms. The van der Waals surface area contributed by atoms with Gasteiger partial charge in [-0.05, 0) is 17.7 Å². The van der Waals surface area contributed by atoms with Crippen molar-refractivity contribution in [2.75, 3.05) is 16.5 Å². The Labute approximate surface area is 128 Å². The van der Waals surface area contributed by atoms with Crippen LogP contribution in [0.5, 0.6) is 5.75 Å². The Kier molecular flexibility index (Phi) is 4.29. The van der Waals surface area contributed by atoms with Crippen molar-refractivity contribution < 1.29 is 9.53 Å². The van der Waals surface area contributed by atoms with E-state index in [1.807, 2.05) is 65.4 Å². The summed E-state index contributed by atoms with van der Waals surface area (Å²) in [6.07, 6.45) is 0. The molecule has 4 heteroatoms. The molecule has 1 fully saturated rings. The second-order valence-electron chi connectivity index (χ2n) is 4.70. The van der Waals surface area contributed by atoms with E-state index in [-0.39, 0.29) is 0 Å². The first-order valence-corrected chi connectivity index (χ1v) is 7.89. The minimum atomic E-state index is 0.513. The van der Waals surface area contributed by atoms with Gasteiger partial charge in [0, 0.05) is 5.75 Å². The molecule has 1 heterocycles. The normalized spacial score (nSPS) is 14.1. The average molecular weight is 297 g/mol. The van der Waals surface area contributed by atoms with Crippen molar-refractivity contribution in [1.29, 1.82) is 0 Å². The molecular weight excluding hydrogens is 282 g/mol. The van der Waals surface area contributed by atoms with E-state index in [9.17, 15) is 4.79 Å². The summed E-state index contributed by atoms with van der Waals surface area (Å²) in [6, 6.07) is 17.8. The van der Waals surface area contributed by atoms with Crippen LogP contribution in [0.3, 0.4) is 0 Å². The molecule has 0 atom stereocenters. The van der Waals surface area contributed by atoms with Crippen molar-refractivity contribution in [3.8, 4) is 5.75 Å². The fraction of sp³-hybridized carbons (Fsp3) is 0.176. The van der Waals surface area contributed by atoms with Gasteiger partial charge in [0.2, 0.25) is 0 Å². The van der Waals surface area contributed by atoms with Crippen molar-refractivity contribution in [1.82, 2.24) is 0 Å². The van der Waals surface area contributed by atoms with Crippen LogP contribution < -0.4 is 9.64 Å². The van der Waals surface area contributed by atoms with E-state index in [0.717, 1.165) is 22.9 Å². The molecule has 1 saturated heterocycles. The molecule has 0 unspecified atom stereocenters. The average Bonchev–Trinajstić information content (AvgIpc) is 3.02. The van der Waals surface area contributed by atoms with E-state index in [0.29, 0.717) is 18.1 Å². The molecule has 0 aromatic heterocycles. The number of anilines is 1. The lowest BCUT2D eigenvalue weighted by molar-refractivity contribution is 0.307. The van der Waals surface area contributed by atoms with E-state index in [1.54, 1.807) is 11.8 Å². The summed E-state index contributed by atoms with van der Waals surface area (Å²) in [6.45, 7) is 0.513. The first kappa shape index (κ1) is 13.8. The van der Waals surface area contributed by atoms with Gasteiger partial charge < -0.3 is 9.64 Å². The molecule has 3 nitrogen and oxygen atoms in total. The van der Waals surface area contributed by atoms with Crippen LogP contribution in [0.4, 0.5) is 5.69 Å². The van der Waals surface area contributed by atoms with Gasteiger partial charge in [0.1, 0.15) is 24.0 Å². The topological polar surface area (TPSA) is 29.5 Å². The van der Waals surface area contributed by atoms with Crippen LogP contribution in [0.1, 0.15) is 5.56 Å². The van der Waals surface area contributed by atoms with Gasteiger partial charge in [0.25, 0.3) is 0 Å². The second kappa shape index (κ2) is 6.53. The molecule has 0 amide bonds. The molecule has 0 saturated carbocycles. The van der Waals surface area contributed by atoms with Crippen LogP contribution >= 0.6 is 11.8 Å². The van der Waals surface area contributed by atoms with Crippen LogP contribution in [-0.4, -0.2) is 17.6 Å². The monoisotopic (exact) mass is 297 g/mol. The summed E-state index contributed by atoms with van der Waals surface area (Å²) >= 11 is 1.70. The zero-order chi connectivity index (χ0) is 14.5. The zero-order valence-electron chi connectivity index (χ0n) is 11.5. The number of para-hydroxylation sites is 2. The highest BCUT2D eigenvalue weighted by molar-refractivity contribution is 7.99. The Hall–Kier alpha value is -2.16. The number of benzene rings is 2. The van der Waals surface area contributed by atoms with Gasteiger partial charge in [0.15, 0.2) is 0 Å². The minimum absolute atomic E-state index is 0.513. The van der Waals surface area contributed by atoms with Crippen molar-refractivity contribution in [2.24, 2.45) is 0 Å². The van der Waals surface area contributed by atoms with E-state index < -0.39 is 0 Å². The Bertz CT molecular complexity index is 666. The standard InChI is InChI=1S/C17H15NO2S/c19-10-15-12-21-13-18(15)16-8-4-5-9-17(16)20-11-14-6-2-1-3-7-14/h1-9H,11-13H2. The fourth-order valence-electron chi connectivity index (χ4n) is 2.23. The summed E-state index contributed by atoms with van der Waals surface area (Å²) < 4.78 is 5.93. The summed E-state index contributed by atoms with van der Waals surface area (Å²) in [7, 11) is 0. The van der Waals surface area contributed by atoms with Crippen LogP contribution in [-0.2, 0) is 11.4 Å². The smallest absolute Gasteiger partial charge is 0.147 e. The molecule has 1 aliphatic rings. The molecule has 1 aliphatic heterocycles. The highest BCUT2D eigenvalue weighted by Crippen LogP contribution is 2.35. The molecular formula is C17H15NO2S. The van der Waals surface area contributed by atoms with E-state index in [4.69, 9.17) is 4.74 Å². The second-order valence-corrected chi connectivity index (χ2v) is 5.65. The molecule has 0 spiro atoms. The quantitative estimate of drug-likeness (QED) is 0.808. The molecule has 106 valence electrons. The first-order valence-electron chi connectivity index (χ1n) is 6.73. The lowest BCUT2D eigenvalue weighted by Crippen LogP contribution is -2.17. The lowest BCUT2D eigenvalue weighted by atomic mass is 10.2. The number of thioether (sulfide) groups is 1. The van der Waals surface area contributed by atoms with E-state index in [2.05, 4.69) is 0 Å². The van der Waals surface area contributed by atoms with Crippen molar-refractivity contribution in [2.45, 2.75) is 6.61 Å². The summed E-state index contributed by atoms with van der Waals surface area (Å²) in [5.74, 6) is 4.28. The summed E-state index contributed by atoms with van der Waals surface area (Å²) in [5.41, 5.74) is 2.72. The van der Waals surface area contributed by atoms with Gasteiger partial charge >= 0.3 is 0 Å². The first-order chi connectivity index (χ1) is 10.4. The molecule has 2 aromatic carbocycles. The van der Waals surface area contributed by atoms with Crippen molar-refractivity contribution >= 4 is 23.4 Å². The van der Waals surface area contributed by atoms with Crippen LogP contribution in [0.15, 0.2) is 60.3 Å². The minimum Gasteiger partial charge on any atom is -0.487 e. The Balaban J connectivity index is 1.81. The number of hydrogen-bond donors (Lipinski definition) is 0. The maximum Gasteiger partial charge on any atom is 0.147 e. The molecule has 3 rings (SSSR count). The molecule has 0 radical (unpaired) electrons. The highest BCUT2D eigenvalue weighted by atomic mass is 32.2. The maximum atomic E-state index is 11.0. The number of carbonyl (C=O) groups excluding carboxylic acids is 1. The van der Waals surface area contributed by atoms with E-state index >= 15 is 0 Å². The van der Waals surface area contributed by atoms with Gasteiger partial charge in [-0.15, -0.1) is 11.8 Å². The van der Waals surface area contributed by atoms with E-state index in [1.165, 1.54) is 0 Å². The van der Waals surface area contributed by atoms with Gasteiger partial charge in [-0.25, -0.2) is 4.79 Å². The predicted octanol–water partition coefficient (Wildman–Crippen LogP) is 3.49. The highest BCUT2D eigenvalue weighted by Gasteiger charge is 2.22. The van der Waals surface area contributed by atoms with Crippen molar-refractivity contribution in [3.63, 3.8) is 0 Å². The fourth-order valence-corrected chi connectivity index (χ4v) is 3.20. The number of nitrogens with zero attached hydrogens (tertiary/aromatic N) is 1. The molecule has 0 N–H and O–H groups in total. The third-order valence-corrected chi connectivity index (χ3v) is 4.21. The molecule has 2 aromatic rings. The maximum absolute atomic E-state index is 11.0. The van der Waals surface area contributed by atoms with Crippen LogP contribution in [0, 0.1) is 0 Å². The zero-order valence-corrected chi connectivity index (χ0v) is 12.3. The summed E-state index contributed by atoms with van der Waals surface area (Å²) in [5, 5.41) is 0. The van der Waals surface area contributed by atoms with Crippen molar-refractivity contribution in [3.05, 3.63) is 65.9 Å². The Morgan fingerprint density at radius 1 is 1.10 bits per heavy atom. The molecule has 0 aliphatic carbocycles. The van der Waals surface area contributed by atoms with Gasteiger partial charge in [-0.2, -0.15) is 0 Å². The van der Waals surface area contributed by atoms with Gasteiger partial charge in [-0.3, -0.25) is 0 Å². The Morgan fingerprint density at radius 2 is 1.86 bits per heavy atom. The van der Waals surface area contributed by atoms with Crippen LogP contribution in [0.2, 0.25) is 0 Å². The SMILES string of the molecule is O=C=C1CSCN1c1ccccc1OCc1ccccc1. The third-order valence-electron chi connectivity index (χ3n) is 3.30. The number of hydrogen-bond acceptors (Lipinski definition) is 4. The van der Waals surface area contributed by atoms with Crippen LogP contribution in [0.25, 0.3) is 0 Å². The van der Waals surface area contributed by atoms with Gasteiger partial charge in [0.05, 0.1) is 11.6 Å². The predicted molar refractivity (Wildman–Crippen MR) is 86.2 cm³/mol. The molecule has 0 bridgehead atoms. The Morgan fingerprint density at radius 3 is 2.67 bits per heavy atom. The number of ether oxygens (including phenoxy) is 1.